The molecule has 110 valence electrons. The van der Waals surface area contributed by atoms with Crippen molar-refractivity contribution in [1.29, 1.82) is 0 Å². The van der Waals surface area contributed by atoms with E-state index in [-0.39, 0.29) is 5.41 Å². The van der Waals surface area contributed by atoms with Crippen LogP contribution in [0.2, 0.25) is 0 Å². The Labute approximate surface area is 117 Å². The minimum absolute atomic E-state index is 0.192. The molecule has 0 saturated carbocycles. The summed E-state index contributed by atoms with van der Waals surface area (Å²) in [6.07, 6.45) is 5.98. The fourth-order valence-electron chi connectivity index (χ4n) is 4.14. The number of ether oxygens (including phenoxy) is 3. The van der Waals surface area contributed by atoms with E-state index in [1.54, 1.807) is 0 Å². The SMILES string of the molecule is CC(C)(C)C1COC23COCCCC2(CCCO3)C1. The van der Waals surface area contributed by atoms with Crippen LogP contribution in [0.4, 0.5) is 0 Å². The van der Waals surface area contributed by atoms with Gasteiger partial charge in [-0.2, -0.15) is 0 Å². The van der Waals surface area contributed by atoms with Crippen LogP contribution in [0, 0.1) is 16.7 Å². The zero-order valence-electron chi connectivity index (χ0n) is 12.7. The van der Waals surface area contributed by atoms with Gasteiger partial charge in [-0.3, -0.25) is 0 Å². The molecule has 3 saturated heterocycles. The van der Waals surface area contributed by atoms with Crippen molar-refractivity contribution in [1.82, 2.24) is 0 Å². The highest BCUT2D eigenvalue weighted by Crippen LogP contribution is 2.57. The fourth-order valence-corrected chi connectivity index (χ4v) is 4.14. The van der Waals surface area contributed by atoms with Gasteiger partial charge in [0, 0.05) is 12.0 Å². The lowest BCUT2D eigenvalue weighted by Crippen LogP contribution is -2.62. The van der Waals surface area contributed by atoms with Gasteiger partial charge in [-0.1, -0.05) is 20.8 Å². The van der Waals surface area contributed by atoms with E-state index in [9.17, 15) is 0 Å². The molecule has 0 aromatic carbocycles. The second kappa shape index (κ2) is 4.71. The monoisotopic (exact) mass is 268 g/mol. The topological polar surface area (TPSA) is 27.7 Å². The lowest BCUT2D eigenvalue weighted by atomic mass is 9.61. The molecule has 3 nitrogen and oxygen atoms in total. The first-order valence-corrected chi connectivity index (χ1v) is 7.83. The van der Waals surface area contributed by atoms with Gasteiger partial charge in [0.2, 0.25) is 0 Å². The van der Waals surface area contributed by atoms with Crippen molar-refractivity contribution >= 4 is 0 Å². The average Bonchev–Trinajstić information content (AvgIpc) is 2.56. The summed E-state index contributed by atoms with van der Waals surface area (Å²) < 4.78 is 18.3. The molecular formula is C16H28O3. The molecule has 3 atom stereocenters. The lowest BCUT2D eigenvalue weighted by Gasteiger charge is -2.57. The van der Waals surface area contributed by atoms with E-state index in [1.165, 1.54) is 25.7 Å². The smallest absolute Gasteiger partial charge is 0.197 e. The third kappa shape index (κ3) is 2.24. The van der Waals surface area contributed by atoms with Crippen molar-refractivity contribution in [3.63, 3.8) is 0 Å². The van der Waals surface area contributed by atoms with Crippen LogP contribution in [0.1, 0.15) is 52.9 Å². The van der Waals surface area contributed by atoms with E-state index >= 15 is 0 Å². The maximum Gasteiger partial charge on any atom is 0.197 e. The predicted octanol–water partition coefficient (Wildman–Crippen LogP) is 3.37. The van der Waals surface area contributed by atoms with Crippen LogP contribution in [0.3, 0.4) is 0 Å². The van der Waals surface area contributed by atoms with E-state index in [2.05, 4.69) is 20.8 Å². The molecule has 0 radical (unpaired) electrons. The molecule has 0 bridgehead atoms. The summed E-state index contributed by atoms with van der Waals surface area (Å²) in [5, 5.41) is 0. The maximum absolute atomic E-state index is 6.34. The Bertz CT molecular complexity index is 335. The van der Waals surface area contributed by atoms with Crippen molar-refractivity contribution in [2.24, 2.45) is 16.7 Å². The highest BCUT2D eigenvalue weighted by molar-refractivity contribution is 5.03. The Balaban J connectivity index is 1.91. The molecule has 0 aromatic rings. The lowest BCUT2D eigenvalue weighted by molar-refractivity contribution is -0.362. The molecule has 0 aromatic heterocycles. The Hall–Kier alpha value is -0.120. The molecule has 3 fully saturated rings. The van der Waals surface area contributed by atoms with Gasteiger partial charge in [-0.25, -0.2) is 0 Å². The van der Waals surface area contributed by atoms with Crippen LogP contribution in [-0.4, -0.2) is 32.2 Å². The van der Waals surface area contributed by atoms with Crippen molar-refractivity contribution in [3.8, 4) is 0 Å². The van der Waals surface area contributed by atoms with Gasteiger partial charge in [0.05, 0.1) is 13.2 Å². The Morgan fingerprint density at radius 2 is 1.74 bits per heavy atom. The Kier molecular flexibility index (Phi) is 3.43. The summed E-state index contributed by atoms with van der Waals surface area (Å²) in [5.74, 6) is 0.184. The summed E-state index contributed by atoms with van der Waals surface area (Å²) in [5.41, 5.74) is 0.503. The van der Waals surface area contributed by atoms with Gasteiger partial charge in [-0.05, 0) is 43.4 Å². The molecular weight excluding hydrogens is 240 g/mol. The summed E-state index contributed by atoms with van der Waals surface area (Å²) in [6.45, 7) is 10.1. The number of hydrogen-bond acceptors (Lipinski definition) is 3. The molecule has 3 heterocycles. The van der Waals surface area contributed by atoms with E-state index < -0.39 is 5.79 Å². The summed E-state index contributed by atoms with van der Waals surface area (Å²) in [4.78, 5) is 0. The molecule has 3 aliphatic heterocycles. The third-order valence-electron chi connectivity index (χ3n) is 5.56. The van der Waals surface area contributed by atoms with Crippen LogP contribution in [0.25, 0.3) is 0 Å². The number of hydrogen-bond donors (Lipinski definition) is 0. The molecule has 3 heteroatoms. The van der Waals surface area contributed by atoms with Crippen molar-refractivity contribution in [2.75, 3.05) is 26.4 Å². The molecule has 3 unspecified atom stereocenters. The molecule has 19 heavy (non-hydrogen) atoms. The normalized spacial score (nSPS) is 44.1. The highest BCUT2D eigenvalue weighted by atomic mass is 16.7. The first-order chi connectivity index (χ1) is 8.98. The van der Waals surface area contributed by atoms with Gasteiger partial charge < -0.3 is 14.2 Å². The van der Waals surface area contributed by atoms with E-state index in [4.69, 9.17) is 14.2 Å². The standard InChI is InChI=1S/C16H28O3/c1-14(2,3)13-10-15-6-4-8-17-12-16(15,19-11-13)18-9-5-7-15/h13H,4-12H2,1-3H3. The van der Waals surface area contributed by atoms with E-state index in [0.29, 0.717) is 17.9 Å². The summed E-state index contributed by atoms with van der Waals surface area (Å²) in [7, 11) is 0. The van der Waals surface area contributed by atoms with Crippen molar-refractivity contribution in [3.05, 3.63) is 0 Å². The zero-order chi connectivity index (χ0) is 13.6. The van der Waals surface area contributed by atoms with Crippen LogP contribution in [0.5, 0.6) is 0 Å². The Morgan fingerprint density at radius 3 is 2.47 bits per heavy atom. The summed E-state index contributed by atoms with van der Waals surface area (Å²) in [6, 6.07) is 0. The van der Waals surface area contributed by atoms with Crippen LogP contribution in [0.15, 0.2) is 0 Å². The first-order valence-electron chi connectivity index (χ1n) is 7.83. The Morgan fingerprint density at radius 1 is 1.00 bits per heavy atom. The zero-order valence-corrected chi connectivity index (χ0v) is 12.7. The quantitative estimate of drug-likeness (QED) is 0.674. The average molecular weight is 268 g/mol. The number of rotatable bonds is 0. The van der Waals surface area contributed by atoms with Gasteiger partial charge in [-0.15, -0.1) is 0 Å². The second-order valence-electron chi connectivity index (χ2n) is 7.72. The minimum atomic E-state index is -0.441. The third-order valence-corrected chi connectivity index (χ3v) is 5.56. The molecule has 0 amide bonds. The molecule has 3 aliphatic rings. The van der Waals surface area contributed by atoms with Gasteiger partial charge >= 0.3 is 0 Å². The molecule has 0 spiro atoms. The fraction of sp³-hybridized carbons (Fsp3) is 1.00. The van der Waals surface area contributed by atoms with Crippen LogP contribution >= 0.6 is 0 Å². The summed E-state index contributed by atoms with van der Waals surface area (Å²) >= 11 is 0. The second-order valence-corrected chi connectivity index (χ2v) is 7.72. The molecule has 0 N–H and O–H groups in total. The minimum Gasteiger partial charge on any atom is -0.376 e. The first kappa shape index (κ1) is 13.8. The highest BCUT2D eigenvalue weighted by Gasteiger charge is 2.60. The van der Waals surface area contributed by atoms with Crippen LogP contribution < -0.4 is 0 Å². The van der Waals surface area contributed by atoms with Gasteiger partial charge in [0.1, 0.15) is 6.61 Å². The van der Waals surface area contributed by atoms with Crippen molar-refractivity contribution < 1.29 is 14.2 Å². The van der Waals surface area contributed by atoms with Crippen LogP contribution in [-0.2, 0) is 14.2 Å². The van der Waals surface area contributed by atoms with E-state index in [1.807, 2.05) is 0 Å². The largest absolute Gasteiger partial charge is 0.376 e. The van der Waals surface area contributed by atoms with Crippen molar-refractivity contribution in [2.45, 2.75) is 58.7 Å². The molecule has 3 rings (SSSR count). The van der Waals surface area contributed by atoms with E-state index in [0.717, 1.165) is 26.2 Å². The van der Waals surface area contributed by atoms with Gasteiger partial charge in [0.15, 0.2) is 5.79 Å². The van der Waals surface area contributed by atoms with Gasteiger partial charge in [0.25, 0.3) is 0 Å². The maximum atomic E-state index is 6.34. The molecule has 0 aliphatic carbocycles. The predicted molar refractivity (Wildman–Crippen MR) is 73.9 cm³/mol.